The maximum atomic E-state index is 13.7. The van der Waals surface area contributed by atoms with E-state index in [4.69, 9.17) is 0 Å². The minimum atomic E-state index is -5.87. The summed E-state index contributed by atoms with van der Waals surface area (Å²) in [5, 5.41) is -2.33. The van der Waals surface area contributed by atoms with Crippen LogP contribution in [0.2, 0.25) is 0 Å². The van der Waals surface area contributed by atoms with Gasteiger partial charge in [-0.1, -0.05) is 6.58 Å². The topological polar surface area (TPSA) is 96.0 Å². The maximum absolute atomic E-state index is 13.7. The van der Waals surface area contributed by atoms with Gasteiger partial charge in [0, 0.05) is 17.9 Å². The largest absolute Gasteiger partial charge is 0.458 e. The SMILES string of the molecule is C=CC(=O)OCC(=O)OC1C2CC3OS(=O)(=O)C1C3C2(C(F)(F)F)C(F)(F)F. The van der Waals surface area contributed by atoms with Crippen molar-refractivity contribution in [2.45, 2.75) is 36.2 Å². The molecule has 0 aromatic heterocycles. The van der Waals surface area contributed by atoms with Crippen molar-refractivity contribution in [1.82, 2.24) is 0 Å². The average Bonchev–Trinajstić information content (AvgIpc) is 3.06. The van der Waals surface area contributed by atoms with E-state index in [1.807, 2.05) is 0 Å². The molecule has 3 rings (SSSR count). The molecule has 0 aromatic rings. The van der Waals surface area contributed by atoms with Gasteiger partial charge in [0.25, 0.3) is 10.1 Å². The molecule has 2 saturated carbocycles. The highest BCUT2D eigenvalue weighted by Crippen LogP contribution is 2.74. The molecule has 1 saturated heterocycles. The molecule has 0 radical (unpaired) electrons. The molecule has 1 heterocycles. The van der Waals surface area contributed by atoms with Crippen molar-refractivity contribution >= 4 is 22.1 Å². The Morgan fingerprint density at radius 2 is 1.75 bits per heavy atom. The van der Waals surface area contributed by atoms with Crippen molar-refractivity contribution in [2.75, 3.05) is 6.61 Å². The van der Waals surface area contributed by atoms with Gasteiger partial charge in [-0.05, 0) is 6.42 Å². The van der Waals surface area contributed by atoms with E-state index in [0.29, 0.717) is 6.08 Å². The molecule has 3 fully saturated rings. The summed E-state index contributed by atoms with van der Waals surface area (Å²) >= 11 is 0. The lowest BCUT2D eigenvalue weighted by Crippen LogP contribution is -2.55. The zero-order valence-electron chi connectivity index (χ0n) is 13.6. The Morgan fingerprint density at radius 1 is 1.18 bits per heavy atom. The molecule has 158 valence electrons. The smallest absolute Gasteiger partial charge is 0.404 e. The Balaban J connectivity index is 2.00. The van der Waals surface area contributed by atoms with Gasteiger partial charge in [-0.25, -0.2) is 9.59 Å². The molecule has 0 spiro atoms. The summed E-state index contributed by atoms with van der Waals surface area (Å²) in [6.45, 7) is 1.89. The van der Waals surface area contributed by atoms with Gasteiger partial charge < -0.3 is 9.47 Å². The van der Waals surface area contributed by atoms with Crippen LogP contribution in [-0.4, -0.2) is 56.8 Å². The molecule has 28 heavy (non-hydrogen) atoms. The molecule has 7 nitrogen and oxygen atoms in total. The number of hydrogen-bond donors (Lipinski definition) is 0. The van der Waals surface area contributed by atoms with Crippen molar-refractivity contribution in [3.05, 3.63) is 12.7 Å². The average molecular weight is 438 g/mol. The number of carbonyl (C=O) groups excluding carboxylic acids is 2. The van der Waals surface area contributed by atoms with Crippen LogP contribution < -0.4 is 0 Å². The number of esters is 2. The summed E-state index contributed by atoms with van der Waals surface area (Å²) < 4.78 is 120. The molecule has 1 aliphatic heterocycles. The molecular formula is C14H12F6O7S. The first-order valence-corrected chi connectivity index (χ1v) is 9.20. The normalized spacial score (nSPS) is 34.9. The molecule has 5 atom stereocenters. The number of halogens is 6. The van der Waals surface area contributed by atoms with Crippen molar-refractivity contribution in [3.8, 4) is 0 Å². The maximum Gasteiger partial charge on any atom is 0.404 e. The third kappa shape index (κ3) is 2.64. The van der Waals surface area contributed by atoms with Crippen LogP contribution in [0.1, 0.15) is 6.42 Å². The number of hydrogen-bond acceptors (Lipinski definition) is 7. The summed E-state index contributed by atoms with van der Waals surface area (Å²) in [7, 11) is -4.85. The number of fused-ring (bicyclic) bond motifs is 1. The van der Waals surface area contributed by atoms with Crippen molar-refractivity contribution < 1.29 is 58.0 Å². The number of carbonyl (C=O) groups is 2. The van der Waals surface area contributed by atoms with Gasteiger partial charge >= 0.3 is 24.3 Å². The van der Waals surface area contributed by atoms with Crippen LogP contribution in [0.15, 0.2) is 12.7 Å². The fraction of sp³-hybridized carbons (Fsp3) is 0.714. The third-order valence-electron chi connectivity index (χ3n) is 5.37. The lowest BCUT2D eigenvalue weighted by Gasteiger charge is -2.37. The van der Waals surface area contributed by atoms with Gasteiger partial charge in [0.1, 0.15) is 11.4 Å². The second-order valence-corrected chi connectivity index (χ2v) is 8.31. The lowest BCUT2D eigenvalue weighted by molar-refractivity contribution is -0.360. The van der Waals surface area contributed by atoms with Crippen LogP contribution in [0, 0.1) is 17.3 Å². The minimum absolute atomic E-state index is 0.656. The van der Waals surface area contributed by atoms with E-state index in [1.54, 1.807) is 0 Å². The van der Waals surface area contributed by atoms with Crippen LogP contribution in [0.25, 0.3) is 0 Å². The first-order valence-electron chi connectivity index (χ1n) is 7.72. The fourth-order valence-corrected chi connectivity index (χ4v) is 6.58. The lowest BCUT2D eigenvalue weighted by atomic mass is 9.75. The molecule has 14 heteroatoms. The zero-order valence-corrected chi connectivity index (χ0v) is 14.4. The van der Waals surface area contributed by atoms with Crippen molar-refractivity contribution in [3.63, 3.8) is 0 Å². The van der Waals surface area contributed by atoms with Crippen LogP contribution in [0.5, 0.6) is 0 Å². The Morgan fingerprint density at radius 3 is 2.25 bits per heavy atom. The first kappa shape index (κ1) is 20.9. The van der Waals surface area contributed by atoms with Gasteiger partial charge in [-0.2, -0.15) is 34.8 Å². The van der Waals surface area contributed by atoms with E-state index in [1.165, 1.54) is 0 Å². The Hall–Kier alpha value is -1.83. The molecule has 0 N–H and O–H groups in total. The quantitative estimate of drug-likeness (QED) is 0.284. The standard InChI is InChI=1S/C14H12F6O7S/c1-2-7(21)25-4-8(22)26-10-5-3-6-9(11(10)28(23,24)27-6)12(5,13(15,16)17)14(18,19)20/h2,5-6,9-11H,1,3-4H2. The fourth-order valence-electron chi connectivity index (χ4n) is 4.58. The van der Waals surface area contributed by atoms with Gasteiger partial charge in [0.15, 0.2) is 12.0 Å². The Bertz CT molecular complexity index is 803. The van der Waals surface area contributed by atoms with E-state index in [9.17, 15) is 44.3 Å². The van der Waals surface area contributed by atoms with Crippen LogP contribution in [0.3, 0.4) is 0 Å². The predicted octanol–water partition coefficient (Wildman–Crippen LogP) is 1.49. The van der Waals surface area contributed by atoms with E-state index in [2.05, 4.69) is 20.2 Å². The predicted molar refractivity (Wildman–Crippen MR) is 74.8 cm³/mol. The second kappa shape index (κ2) is 6.08. The summed E-state index contributed by atoms with van der Waals surface area (Å²) in [4.78, 5) is 22.7. The van der Waals surface area contributed by atoms with Crippen LogP contribution >= 0.6 is 0 Å². The molecule has 2 bridgehead atoms. The Labute approximate surface area is 153 Å². The van der Waals surface area contributed by atoms with Gasteiger partial charge in [-0.3, -0.25) is 4.18 Å². The summed E-state index contributed by atoms with van der Waals surface area (Å²) in [6, 6.07) is 0. The van der Waals surface area contributed by atoms with Gasteiger partial charge in [0.05, 0.1) is 6.10 Å². The first-order chi connectivity index (χ1) is 12.7. The molecule has 0 aromatic carbocycles. The molecule has 0 amide bonds. The highest BCUT2D eigenvalue weighted by molar-refractivity contribution is 7.87. The molecule has 5 unspecified atom stereocenters. The monoisotopic (exact) mass is 438 g/mol. The van der Waals surface area contributed by atoms with E-state index < -0.39 is 82.1 Å². The number of rotatable bonds is 4. The summed E-state index contributed by atoms with van der Waals surface area (Å²) in [5.41, 5.74) is -4.40. The van der Waals surface area contributed by atoms with Crippen molar-refractivity contribution in [1.29, 1.82) is 0 Å². The molecule has 3 aliphatic rings. The van der Waals surface area contributed by atoms with Crippen molar-refractivity contribution in [2.24, 2.45) is 17.3 Å². The highest BCUT2D eigenvalue weighted by Gasteiger charge is 2.91. The van der Waals surface area contributed by atoms with Gasteiger partial charge in [0.2, 0.25) is 0 Å². The molecular weight excluding hydrogens is 426 g/mol. The third-order valence-corrected chi connectivity index (χ3v) is 7.11. The highest BCUT2D eigenvalue weighted by atomic mass is 32.2. The van der Waals surface area contributed by atoms with E-state index >= 15 is 0 Å². The van der Waals surface area contributed by atoms with Crippen LogP contribution in [0.4, 0.5) is 26.3 Å². The van der Waals surface area contributed by atoms with E-state index in [-0.39, 0.29) is 0 Å². The Kier molecular flexibility index (Phi) is 4.54. The zero-order chi connectivity index (χ0) is 21.3. The second-order valence-electron chi connectivity index (χ2n) is 6.59. The molecule has 2 aliphatic carbocycles. The van der Waals surface area contributed by atoms with Crippen LogP contribution in [-0.2, 0) is 33.4 Å². The number of ether oxygens (including phenoxy) is 2. The summed E-state index contributed by atoms with van der Waals surface area (Å²) in [5.74, 6) is -7.51. The summed E-state index contributed by atoms with van der Waals surface area (Å²) in [6.07, 6.45) is -16.1. The minimum Gasteiger partial charge on any atom is -0.458 e. The van der Waals surface area contributed by atoms with Gasteiger partial charge in [-0.15, -0.1) is 0 Å². The number of alkyl halides is 6. The van der Waals surface area contributed by atoms with E-state index in [0.717, 1.165) is 0 Å².